The Hall–Kier alpha value is -2.48. The second-order valence-electron chi connectivity index (χ2n) is 6.77. The number of fused-ring (bicyclic) bond motifs is 1. The number of morpholine rings is 1. The lowest BCUT2D eigenvalue weighted by atomic mass is 10.1. The van der Waals surface area contributed by atoms with Crippen LogP contribution in [0.15, 0.2) is 42.0 Å². The number of ether oxygens (including phenoxy) is 1. The predicted molar refractivity (Wildman–Crippen MR) is 113 cm³/mol. The summed E-state index contributed by atoms with van der Waals surface area (Å²) in [4.78, 5) is 12.9. The number of H-pyrrole nitrogens is 1. The molecule has 5 rings (SSSR count). The van der Waals surface area contributed by atoms with Crippen LogP contribution in [-0.4, -0.2) is 46.0 Å². The molecule has 1 atom stereocenters. The van der Waals surface area contributed by atoms with Crippen molar-refractivity contribution in [1.29, 1.82) is 0 Å². The van der Waals surface area contributed by atoms with Crippen LogP contribution in [0.4, 0.5) is 5.82 Å². The average Bonchev–Trinajstić information content (AvgIpc) is 3.39. The molecule has 1 fully saturated rings. The van der Waals surface area contributed by atoms with Crippen LogP contribution in [0.2, 0.25) is 5.02 Å². The monoisotopic (exact) mass is 411 g/mol. The number of aromatic amines is 1. The zero-order valence-corrected chi connectivity index (χ0v) is 16.8. The van der Waals surface area contributed by atoms with Crippen LogP contribution in [0.3, 0.4) is 0 Å². The summed E-state index contributed by atoms with van der Waals surface area (Å²) < 4.78 is 5.61. The quantitative estimate of drug-likeness (QED) is 0.532. The molecule has 1 saturated heterocycles. The Bertz CT molecular complexity index is 1130. The molecule has 4 aromatic rings. The molecule has 0 amide bonds. The van der Waals surface area contributed by atoms with Crippen molar-refractivity contribution in [1.82, 2.24) is 20.2 Å². The van der Waals surface area contributed by atoms with Gasteiger partial charge in [0, 0.05) is 29.9 Å². The standard InChI is InChI=1S/C20H18ClN5OS/c1-12-11-27-8-7-26(12)17-10-14(20-15(21)4-9-28-20)13-2-5-22-19(18(13)24-17)16-3-6-23-25-16/h2-6,9-10,12H,7-8,11H2,1H3,(H,23,25)/t12-/m1/s1. The molecule has 0 saturated carbocycles. The van der Waals surface area contributed by atoms with Crippen LogP contribution in [0.5, 0.6) is 0 Å². The van der Waals surface area contributed by atoms with E-state index < -0.39 is 0 Å². The van der Waals surface area contributed by atoms with E-state index in [1.165, 1.54) is 0 Å². The van der Waals surface area contributed by atoms with E-state index in [1.54, 1.807) is 17.5 Å². The van der Waals surface area contributed by atoms with Gasteiger partial charge in [0.15, 0.2) is 0 Å². The van der Waals surface area contributed by atoms with Gasteiger partial charge in [-0.3, -0.25) is 10.1 Å². The molecule has 142 valence electrons. The van der Waals surface area contributed by atoms with Crippen LogP contribution in [0, 0.1) is 0 Å². The third-order valence-electron chi connectivity index (χ3n) is 4.99. The Morgan fingerprint density at radius 2 is 2.21 bits per heavy atom. The minimum absolute atomic E-state index is 0.248. The maximum atomic E-state index is 6.51. The number of pyridine rings is 2. The molecule has 6 nitrogen and oxygen atoms in total. The number of anilines is 1. The highest BCUT2D eigenvalue weighted by Crippen LogP contribution is 2.40. The number of halogens is 1. The van der Waals surface area contributed by atoms with Crippen molar-refractivity contribution in [3.8, 4) is 21.8 Å². The smallest absolute Gasteiger partial charge is 0.130 e. The fourth-order valence-corrected chi connectivity index (χ4v) is 4.80. The summed E-state index contributed by atoms with van der Waals surface area (Å²) in [5.41, 5.74) is 3.53. The summed E-state index contributed by atoms with van der Waals surface area (Å²) in [6.07, 6.45) is 3.53. The molecule has 28 heavy (non-hydrogen) atoms. The Labute approximate surface area is 171 Å². The highest BCUT2D eigenvalue weighted by atomic mass is 35.5. The van der Waals surface area contributed by atoms with E-state index in [0.29, 0.717) is 13.2 Å². The molecule has 0 bridgehead atoms. The average molecular weight is 412 g/mol. The van der Waals surface area contributed by atoms with E-state index in [1.807, 2.05) is 29.8 Å². The maximum absolute atomic E-state index is 6.51. The zero-order valence-electron chi connectivity index (χ0n) is 15.2. The Morgan fingerprint density at radius 3 is 2.96 bits per heavy atom. The van der Waals surface area contributed by atoms with Gasteiger partial charge in [-0.25, -0.2) is 4.98 Å². The lowest BCUT2D eigenvalue weighted by molar-refractivity contribution is 0.0986. The first-order valence-corrected chi connectivity index (χ1v) is 10.4. The molecule has 8 heteroatoms. The van der Waals surface area contributed by atoms with Gasteiger partial charge in [-0.2, -0.15) is 5.10 Å². The van der Waals surface area contributed by atoms with Crippen molar-refractivity contribution in [2.45, 2.75) is 13.0 Å². The van der Waals surface area contributed by atoms with Crippen molar-refractivity contribution < 1.29 is 4.74 Å². The number of rotatable bonds is 3. The molecule has 1 N–H and O–H groups in total. The molecule has 0 aromatic carbocycles. The fraction of sp³-hybridized carbons (Fsp3) is 0.250. The molecule has 4 aromatic heterocycles. The molecule has 0 radical (unpaired) electrons. The number of aromatic nitrogens is 4. The van der Waals surface area contributed by atoms with E-state index in [4.69, 9.17) is 21.3 Å². The van der Waals surface area contributed by atoms with Gasteiger partial charge >= 0.3 is 0 Å². The lowest BCUT2D eigenvalue weighted by Crippen LogP contribution is -2.44. The van der Waals surface area contributed by atoms with Crippen LogP contribution in [0.1, 0.15) is 6.92 Å². The molecule has 5 heterocycles. The van der Waals surface area contributed by atoms with Gasteiger partial charge in [-0.1, -0.05) is 11.6 Å². The Morgan fingerprint density at radius 1 is 1.29 bits per heavy atom. The molecule has 1 aliphatic heterocycles. The van der Waals surface area contributed by atoms with Crippen molar-refractivity contribution in [2.24, 2.45) is 0 Å². The molecular weight excluding hydrogens is 394 g/mol. The molecule has 0 spiro atoms. The predicted octanol–water partition coefficient (Wildman–Crippen LogP) is 4.63. The third-order valence-corrected chi connectivity index (χ3v) is 6.37. The first kappa shape index (κ1) is 17.6. The lowest BCUT2D eigenvalue weighted by Gasteiger charge is -2.34. The van der Waals surface area contributed by atoms with Crippen molar-refractivity contribution in [3.63, 3.8) is 0 Å². The first-order chi connectivity index (χ1) is 13.7. The largest absolute Gasteiger partial charge is 0.377 e. The number of nitrogens with one attached hydrogen (secondary N) is 1. The number of thiophene rings is 1. The van der Waals surface area contributed by atoms with Gasteiger partial charge in [0.1, 0.15) is 17.0 Å². The van der Waals surface area contributed by atoms with E-state index in [0.717, 1.165) is 50.1 Å². The van der Waals surface area contributed by atoms with Gasteiger partial charge in [-0.05, 0) is 36.6 Å². The van der Waals surface area contributed by atoms with Crippen LogP contribution in [0.25, 0.3) is 32.7 Å². The Balaban J connectivity index is 1.79. The van der Waals surface area contributed by atoms with E-state index in [9.17, 15) is 0 Å². The van der Waals surface area contributed by atoms with Gasteiger partial charge in [0.05, 0.1) is 34.8 Å². The molecule has 1 aliphatic rings. The highest BCUT2D eigenvalue weighted by molar-refractivity contribution is 7.14. The summed E-state index contributed by atoms with van der Waals surface area (Å²) in [6, 6.07) is 8.23. The normalized spacial score (nSPS) is 17.4. The van der Waals surface area contributed by atoms with Crippen molar-refractivity contribution >= 4 is 39.7 Å². The summed E-state index contributed by atoms with van der Waals surface area (Å²) in [5, 5.41) is 10.9. The highest BCUT2D eigenvalue weighted by Gasteiger charge is 2.23. The summed E-state index contributed by atoms with van der Waals surface area (Å²) in [6.45, 7) is 4.34. The van der Waals surface area contributed by atoms with Crippen LogP contribution >= 0.6 is 22.9 Å². The zero-order chi connectivity index (χ0) is 19.1. The van der Waals surface area contributed by atoms with Crippen molar-refractivity contribution in [3.05, 3.63) is 47.1 Å². The van der Waals surface area contributed by atoms with Gasteiger partial charge in [0.25, 0.3) is 0 Å². The maximum Gasteiger partial charge on any atom is 0.130 e. The Kier molecular flexibility index (Phi) is 4.50. The van der Waals surface area contributed by atoms with Crippen molar-refractivity contribution in [2.75, 3.05) is 24.7 Å². The van der Waals surface area contributed by atoms with Gasteiger partial charge < -0.3 is 9.64 Å². The minimum Gasteiger partial charge on any atom is -0.377 e. The number of hydrogen-bond donors (Lipinski definition) is 1. The van der Waals surface area contributed by atoms with Crippen LogP contribution < -0.4 is 4.90 Å². The summed E-state index contributed by atoms with van der Waals surface area (Å²) >= 11 is 8.14. The van der Waals surface area contributed by atoms with E-state index in [-0.39, 0.29) is 6.04 Å². The summed E-state index contributed by atoms with van der Waals surface area (Å²) in [5.74, 6) is 0.913. The first-order valence-electron chi connectivity index (χ1n) is 9.09. The topological polar surface area (TPSA) is 66.9 Å². The number of nitrogens with zero attached hydrogens (tertiary/aromatic N) is 4. The second kappa shape index (κ2) is 7.16. The molecule has 0 aliphatic carbocycles. The van der Waals surface area contributed by atoms with Crippen LogP contribution in [-0.2, 0) is 4.74 Å². The summed E-state index contributed by atoms with van der Waals surface area (Å²) in [7, 11) is 0. The van der Waals surface area contributed by atoms with Gasteiger partial charge in [0.2, 0.25) is 0 Å². The molecular formula is C20H18ClN5OS. The minimum atomic E-state index is 0.248. The fourth-order valence-electron chi connectivity index (χ4n) is 3.61. The van der Waals surface area contributed by atoms with E-state index in [2.05, 4.69) is 33.1 Å². The van der Waals surface area contributed by atoms with E-state index >= 15 is 0 Å². The third kappa shape index (κ3) is 2.96. The SMILES string of the molecule is C[C@@H]1COCCN1c1cc(-c2sccc2Cl)c2ccnc(-c3ccn[nH]3)c2n1. The van der Waals surface area contributed by atoms with Gasteiger partial charge in [-0.15, -0.1) is 11.3 Å². The second-order valence-corrected chi connectivity index (χ2v) is 8.09. The molecule has 0 unspecified atom stereocenters. The number of hydrogen-bond acceptors (Lipinski definition) is 6.